The highest BCUT2D eigenvalue weighted by molar-refractivity contribution is 5.79. The summed E-state index contributed by atoms with van der Waals surface area (Å²) in [6, 6.07) is 8.22. The summed E-state index contributed by atoms with van der Waals surface area (Å²) in [5.74, 6) is 1.79. The van der Waals surface area contributed by atoms with E-state index in [4.69, 9.17) is 9.47 Å². The Morgan fingerprint density at radius 2 is 2.04 bits per heavy atom. The van der Waals surface area contributed by atoms with Gasteiger partial charge < -0.3 is 25.0 Å². The maximum Gasteiger partial charge on any atom is 0.191 e. The number of benzene rings is 1. The molecule has 0 saturated carbocycles. The molecule has 2 N–H and O–H groups in total. The predicted molar refractivity (Wildman–Crippen MR) is 91.2 cm³/mol. The van der Waals surface area contributed by atoms with E-state index in [2.05, 4.69) is 39.7 Å². The molecule has 1 saturated heterocycles. The molecule has 0 amide bonds. The number of hydrogen-bond donors (Lipinski definition) is 2. The molecular formula is C17H26N4O2. The van der Waals surface area contributed by atoms with Gasteiger partial charge in [-0.3, -0.25) is 4.99 Å². The number of hydrogen-bond acceptors (Lipinski definition) is 4. The average Bonchev–Trinajstić information content (AvgIpc) is 2.98. The summed E-state index contributed by atoms with van der Waals surface area (Å²) >= 11 is 0. The zero-order valence-electron chi connectivity index (χ0n) is 13.9. The molecule has 6 nitrogen and oxygen atoms in total. The molecule has 2 unspecified atom stereocenters. The number of aliphatic imine (C=N–C) groups is 1. The molecule has 2 aliphatic rings. The molecule has 2 atom stereocenters. The summed E-state index contributed by atoms with van der Waals surface area (Å²) in [6.45, 7) is 4.24. The van der Waals surface area contributed by atoms with Gasteiger partial charge in [-0.05, 0) is 18.7 Å². The van der Waals surface area contributed by atoms with Crippen molar-refractivity contribution >= 4 is 5.96 Å². The minimum Gasteiger partial charge on any atom is -0.488 e. The van der Waals surface area contributed by atoms with Crippen molar-refractivity contribution in [1.29, 1.82) is 0 Å². The van der Waals surface area contributed by atoms with Crippen molar-refractivity contribution < 1.29 is 9.47 Å². The lowest BCUT2D eigenvalue weighted by Gasteiger charge is -2.30. The first-order valence-electron chi connectivity index (χ1n) is 8.24. The van der Waals surface area contributed by atoms with Gasteiger partial charge in [0.25, 0.3) is 0 Å². The van der Waals surface area contributed by atoms with Gasteiger partial charge in [0.15, 0.2) is 5.96 Å². The predicted octanol–water partition coefficient (Wildman–Crippen LogP) is 0.486. The smallest absolute Gasteiger partial charge is 0.191 e. The highest BCUT2D eigenvalue weighted by atomic mass is 16.5. The van der Waals surface area contributed by atoms with Crippen LogP contribution in [0.5, 0.6) is 5.75 Å². The standard InChI is InChI=1S/C17H26N4O2/c1-18-17(20-11-15-12-21(2)7-8-22-15)19-10-14-9-13-5-3-4-6-16(13)23-14/h3-6,14-15H,7-12H2,1-2H3,(H2,18,19,20). The van der Waals surface area contributed by atoms with Gasteiger partial charge in [-0.25, -0.2) is 0 Å². The van der Waals surface area contributed by atoms with E-state index < -0.39 is 0 Å². The van der Waals surface area contributed by atoms with Crippen molar-refractivity contribution in [2.45, 2.75) is 18.6 Å². The second-order valence-corrected chi connectivity index (χ2v) is 6.14. The van der Waals surface area contributed by atoms with Gasteiger partial charge in [-0.15, -0.1) is 0 Å². The van der Waals surface area contributed by atoms with E-state index in [0.717, 1.165) is 50.9 Å². The first kappa shape index (κ1) is 16.1. The Labute approximate surface area is 137 Å². The molecular weight excluding hydrogens is 292 g/mol. The minimum absolute atomic E-state index is 0.156. The van der Waals surface area contributed by atoms with Gasteiger partial charge in [0, 0.05) is 33.1 Å². The molecule has 6 heteroatoms. The second-order valence-electron chi connectivity index (χ2n) is 6.14. The fourth-order valence-corrected chi connectivity index (χ4v) is 3.00. The second kappa shape index (κ2) is 7.66. The molecule has 0 bridgehead atoms. The molecule has 0 aromatic heterocycles. The monoisotopic (exact) mass is 318 g/mol. The Kier molecular flexibility index (Phi) is 5.35. The summed E-state index contributed by atoms with van der Waals surface area (Å²) in [6.07, 6.45) is 1.30. The maximum atomic E-state index is 5.93. The number of likely N-dealkylation sites (N-methyl/N-ethyl adjacent to an activating group) is 1. The van der Waals surface area contributed by atoms with Crippen LogP contribution in [0.15, 0.2) is 29.3 Å². The zero-order chi connectivity index (χ0) is 16.1. The highest BCUT2D eigenvalue weighted by Crippen LogP contribution is 2.27. The Morgan fingerprint density at radius 1 is 1.26 bits per heavy atom. The van der Waals surface area contributed by atoms with Gasteiger partial charge in [0.2, 0.25) is 0 Å². The fraction of sp³-hybridized carbons (Fsp3) is 0.588. The van der Waals surface area contributed by atoms with Crippen LogP contribution in [0, 0.1) is 0 Å². The molecule has 2 aliphatic heterocycles. The Hall–Kier alpha value is -1.79. The van der Waals surface area contributed by atoms with E-state index in [9.17, 15) is 0 Å². The van der Waals surface area contributed by atoms with Crippen molar-refractivity contribution in [2.24, 2.45) is 4.99 Å². The van der Waals surface area contributed by atoms with Crippen LogP contribution in [-0.2, 0) is 11.2 Å². The number of morpholine rings is 1. The van der Waals surface area contributed by atoms with Crippen LogP contribution in [0.1, 0.15) is 5.56 Å². The van der Waals surface area contributed by atoms with Gasteiger partial charge in [0.05, 0.1) is 19.3 Å². The molecule has 0 aliphatic carbocycles. The van der Waals surface area contributed by atoms with E-state index in [-0.39, 0.29) is 12.2 Å². The number of fused-ring (bicyclic) bond motifs is 1. The van der Waals surface area contributed by atoms with Crippen LogP contribution in [-0.4, -0.2) is 69.9 Å². The van der Waals surface area contributed by atoms with Crippen molar-refractivity contribution in [1.82, 2.24) is 15.5 Å². The maximum absolute atomic E-state index is 5.93. The van der Waals surface area contributed by atoms with Crippen molar-refractivity contribution in [3.63, 3.8) is 0 Å². The molecule has 3 rings (SSSR count). The first-order valence-corrected chi connectivity index (χ1v) is 8.24. The topological polar surface area (TPSA) is 58.1 Å². The number of guanidine groups is 1. The number of nitrogens with one attached hydrogen (secondary N) is 2. The summed E-state index contributed by atoms with van der Waals surface area (Å²) in [7, 11) is 3.91. The number of para-hydroxylation sites is 1. The molecule has 2 heterocycles. The van der Waals surface area contributed by atoms with E-state index in [1.54, 1.807) is 7.05 Å². The third kappa shape index (κ3) is 4.36. The van der Waals surface area contributed by atoms with Crippen LogP contribution < -0.4 is 15.4 Å². The van der Waals surface area contributed by atoms with Crippen molar-refractivity contribution in [3.8, 4) is 5.75 Å². The summed E-state index contributed by atoms with van der Waals surface area (Å²) in [4.78, 5) is 6.56. The molecule has 126 valence electrons. The number of nitrogens with zero attached hydrogens (tertiary/aromatic N) is 2. The quantitative estimate of drug-likeness (QED) is 0.625. The summed E-state index contributed by atoms with van der Waals surface area (Å²) < 4.78 is 11.7. The highest BCUT2D eigenvalue weighted by Gasteiger charge is 2.22. The molecule has 0 spiro atoms. The molecule has 1 aromatic rings. The van der Waals surface area contributed by atoms with Crippen LogP contribution in [0.25, 0.3) is 0 Å². The fourth-order valence-electron chi connectivity index (χ4n) is 3.00. The van der Waals surface area contributed by atoms with Gasteiger partial charge >= 0.3 is 0 Å². The third-order valence-corrected chi connectivity index (χ3v) is 4.27. The van der Waals surface area contributed by atoms with Crippen molar-refractivity contribution in [3.05, 3.63) is 29.8 Å². The lowest BCUT2D eigenvalue weighted by molar-refractivity contribution is -0.0161. The summed E-state index contributed by atoms with van der Waals surface area (Å²) in [5.41, 5.74) is 1.28. The van der Waals surface area contributed by atoms with E-state index in [1.165, 1.54) is 5.56 Å². The van der Waals surface area contributed by atoms with Gasteiger partial charge in [0.1, 0.15) is 11.9 Å². The third-order valence-electron chi connectivity index (χ3n) is 4.27. The molecule has 1 aromatic carbocycles. The van der Waals surface area contributed by atoms with Gasteiger partial charge in [-0.1, -0.05) is 18.2 Å². The van der Waals surface area contributed by atoms with Crippen LogP contribution in [0.4, 0.5) is 0 Å². The molecule has 0 radical (unpaired) electrons. The van der Waals surface area contributed by atoms with E-state index in [1.807, 2.05) is 12.1 Å². The normalized spacial score (nSPS) is 24.9. The first-order chi connectivity index (χ1) is 11.2. The van der Waals surface area contributed by atoms with E-state index in [0.29, 0.717) is 0 Å². The Bertz CT molecular complexity index is 524. The van der Waals surface area contributed by atoms with Crippen molar-refractivity contribution in [2.75, 3.05) is 46.9 Å². The Morgan fingerprint density at radius 3 is 2.78 bits per heavy atom. The van der Waals surface area contributed by atoms with Crippen LogP contribution >= 0.6 is 0 Å². The van der Waals surface area contributed by atoms with Crippen LogP contribution in [0.3, 0.4) is 0 Å². The molecule has 1 fully saturated rings. The SMILES string of the molecule is CN=C(NCC1CN(C)CCO1)NCC1Cc2ccccc2O1. The lowest BCUT2D eigenvalue weighted by atomic mass is 10.1. The lowest BCUT2D eigenvalue weighted by Crippen LogP contribution is -2.49. The molecule has 23 heavy (non-hydrogen) atoms. The summed E-state index contributed by atoms with van der Waals surface area (Å²) in [5, 5.41) is 6.68. The minimum atomic E-state index is 0.156. The largest absolute Gasteiger partial charge is 0.488 e. The average molecular weight is 318 g/mol. The number of rotatable bonds is 4. The number of ether oxygens (including phenoxy) is 2. The van der Waals surface area contributed by atoms with Crippen LogP contribution in [0.2, 0.25) is 0 Å². The van der Waals surface area contributed by atoms with E-state index >= 15 is 0 Å². The zero-order valence-corrected chi connectivity index (χ0v) is 13.9. The Balaban J connectivity index is 1.40. The van der Waals surface area contributed by atoms with Gasteiger partial charge in [-0.2, -0.15) is 0 Å².